The number of pyridine rings is 1. The molecule has 10 heteroatoms. The lowest BCUT2D eigenvalue weighted by atomic mass is 9.93. The van der Waals surface area contributed by atoms with Crippen LogP contribution in [0.4, 0.5) is 18.9 Å². The fraction of sp³-hybridized carbons (Fsp3) is 0.440. The Morgan fingerprint density at radius 2 is 1.94 bits per heavy atom. The molecule has 0 bridgehead atoms. The van der Waals surface area contributed by atoms with Crippen LogP contribution in [-0.4, -0.2) is 45.9 Å². The van der Waals surface area contributed by atoms with Crippen LogP contribution in [-0.2, 0) is 0 Å². The number of nitrogens with one attached hydrogen (secondary N) is 1. The number of anilines is 1. The highest BCUT2D eigenvalue weighted by Gasteiger charge is 2.29. The van der Waals surface area contributed by atoms with E-state index >= 15 is 0 Å². The molecule has 2 N–H and O–H groups in total. The van der Waals surface area contributed by atoms with Gasteiger partial charge in [0, 0.05) is 30.5 Å². The first-order valence-electron chi connectivity index (χ1n) is 11.9. The largest absolute Gasteiger partial charge is 0.435 e. The Morgan fingerprint density at radius 3 is 2.71 bits per heavy atom. The van der Waals surface area contributed by atoms with Gasteiger partial charge in [-0.3, -0.25) is 4.79 Å². The molecule has 2 aromatic heterocycles. The number of nitrogens with zero attached hydrogens (tertiary/aromatic N) is 3. The lowest BCUT2D eigenvalue weighted by molar-refractivity contribution is -0.0500. The molecule has 0 unspecified atom stereocenters. The molecule has 2 fully saturated rings. The van der Waals surface area contributed by atoms with Gasteiger partial charge in [0.1, 0.15) is 11.6 Å². The number of rotatable bonds is 6. The number of amides is 1. The van der Waals surface area contributed by atoms with Gasteiger partial charge in [-0.15, -0.1) is 0 Å². The molecule has 0 radical (unpaired) electrons. The second kappa shape index (κ2) is 9.77. The SMILES string of the molecule is O=C(NC1CCC(O)CC1)c1cnn2ccc(N3CCC[C@@H]3c3cc(F)cc(OC(F)F)c3)cc12. The fourth-order valence-corrected chi connectivity index (χ4v) is 5.18. The Labute approximate surface area is 200 Å². The van der Waals surface area contributed by atoms with Gasteiger partial charge in [-0.2, -0.15) is 13.9 Å². The highest BCUT2D eigenvalue weighted by molar-refractivity contribution is 6.01. The first kappa shape index (κ1) is 23.5. The van der Waals surface area contributed by atoms with E-state index in [0.29, 0.717) is 36.0 Å². The number of aliphatic hydroxyl groups excluding tert-OH is 1. The lowest BCUT2D eigenvalue weighted by Crippen LogP contribution is -2.38. The average molecular weight is 489 g/mol. The zero-order valence-electron chi connectivity index (χ0n) is 19.0. The summed E-state index contributed by atoms with van der Waals surface area (Å²) >= 11 is 0. The third kappa shape index (κ3) is 5.07. The number of carbonyl (C=O) groups is 1. The number of benzene rings is 1. The summed E-state index contributed by atoms with van der Waals surface area (Å²) in [6.45, 7) is -2.33. The predicted molar refractivity (Wildman–Crippen MR) is 123 cm³/mol. The van der Waals surface area contributed by atoms with Gasteiger partial charge < -0.3 is 20.1 Å². The Balaban J connectivity index is 1.40. The van der Waals surface area contributed by atoms with Gasteiger partial charge in [-0.1, -0.05) is 0 Å². The minimum absolute atomic E-state index is 0.0182. The third-order valence-corrected chi connectivity index (χ3v) is 6.87. The van der Waals surface area contributed by atoms with Crippen molar-refractivity contribution in [3.8, 4) is 5.75 Å². The fourth-order valence-electron chi connectivity index (χ4n) is 5.18. The summed E-state index contributed by atoms with van der Waals surface area (Å²) in [7, 11) is 0. The number of aromatic nitrogens is 2. The number of hydrogen-bond donors (Lipinski definition) is 2. The molecule has 1 saturated carbocycles. The van der Waals surface area contributed by atoms with Crippen LogP contribution in [0.3, 0.4) is 0 Å². The molecule has 0 spiro atoms. The van der Waals surface area contributed by atoms with E-state index in [-0.39, 0.29) is 29.8 Å². The van der Waals surface area contributed by atoms with Crippen molar-refractivity contribution in [2.45, 2.75) is 63.3 Å². The molecule has 1 aromatic carbocycles. The summed E-state index contributed by atoms with van der Waals surface area (Å²) in [5, 5.41) is 17.1. The maximum absolute atomic E-state index is 14.2. The van der Waals surface area contributed by atoms with Crippen molar-refractivity contribution in [1.29, 1.82) is 0 Å². The van der Waals surface area contributed by atoms with E-state index in [2.05, 4.69) is 20.1 Å². The summed E-state index contributed by atoms with van der Waals surface area (Å²) in [4.78, 5) is 15.1. The number of alkyl halides is 2. The average Bonchev–Trinajstić information content (AvgIpc) is 3.46. The molecule has 186 valence electrons. The topological polar surface area (TPSA) is 79.1 Å². The number of carbonyl (C=O) groups excluding carboxylic acids is 1. The Kier molecular flexibility index (Phi) is 6.55. The minimum Gasteiger partial charge on any atom is -0.435 e. The van der Waals surface area contributed by atoms with Crippen LogP contribution in [0.1, 0.15) is 60.5 Å². The highest BCUT2D eigenvalue weighted by atomic mass is 19.3. The normalized spacial score (nSPS) is 22.7. The van der Waals surface area contributed by atoms with Gasteiger partial charge in [0.25, 0.3) is 5.91 Å². The van der Waals surface area contributed by atoms with Crippen LogP contribution in [0.5, 0.6) is 5.75 Å². The first-order chi connectivity index (χ1) is 16.9. The minimum atomic E-state index is -3.03. The van der Waals surface area contributed by atoms with Crippen molar-refractivity contribution in [2.75, 3.05) is 11.4 Å². The van der Waals surface area contributed by atoms with E-state index in [0.717, 1.165) is 37.4 Å². The smallest absolute Gasteiger partial charge is 0.387 e. The first-order valence-corrected chi connectivity index (χ1v) is 11.9. The molecule has 3 aromatic rings. The molecule has 7 nitrogen and oxygen atoms in total. The molecular weight excluding hydrogens is 461 g/mol. The molecule has 2 aliphatic rings. The predicted octanol–water partition coefficient (Wildman–Crippen LogP) is 4.45. The molecule has 1 saturated heterocycles. The van der Waals surface area contributed by atoms with Crippen molar-refractivity contribution < 1.29 is 27.8 Å². The van der Waals surface area contributed by atoms with Crippen LogP contribution in [0, 0.1) is 5.82 Å². The van der Waals surface area contributed by atoms with Crippen molar-refractivity contribution in [1.82, 2.24) is 14.9 Å². The maximum Gasteiger partial charge on any atom is 0.387 e. The zero-order valence-corrected chi connectivity index (χ0v) is 19.0. The summed E-state index contributed by atoms with van der Waals surface area (Å²) in [5.74, 6) is -1.05. The molecule has 1 aliphatic carbocycles. The quantitative estimate of drug-likeness (QED) is 0.536. The molecule has 1 atom stereocenters. The molecule has 3 heterocycles. The van der Waals surface area contributed by atoms with E-state index in [1.807, 2.05) is 12.1 Å². The van der Waals surface area contributed by atoms with Crippen LogP contribution in [0.25, 0.3) is 5.52 Å². The van der Waals surface area contributed by atoms with Gasteiger partial charge in [-0.25, -0.2) is 8.91 Å². The summed E-state index contributed by atoms with van der Waals surface area (Å²) in [5.41, 5.74) is 2.48. The molecular formula is C25H27F3N4O3. The maximum atomic E-state index is 14.2. The van der Waals surface area contributed by atoms with E-state index in [4.69, 9.17) is 0 Å². The number of hydrogen-bond acceptors (Lipinski definition) is 5. The van der Waals surface area contributed by atoms with E-state index in [1.165, 1.54) is 18.3 Å². The number of ether oxygens (including phenoxy) is 1. The molecule has 1 aliphatic heterocycles. The van der Waals surface area contributed by atoms with E-state index in [1.54, 1.807) is 10.7 Å². The molecule has 5 rings (SSSR count). The Morgan fingerprint density at radius 1 is 1.14 bits per heavy atom. The second-order valence-corrected chi connectivity index (χ2v) is 9.20. The van der Waals surface area contributed by atoms with Crippen molar-refractivity contribution >= 4 is 17.1 Å². The molecule has 35 heavy (non-hydrogen) atoms. The van der Waals surface area contributed by atoms with Gasteiger partial charge >= 0.3 is 6.61 Å². The molecule has 1 amide bonds. The lowest BCUT2D eigenvalue weighted by Gasteiger charge is -2.28. The summed E-state index contributed by atoms with van der Waals surface area (Å²) in [6, 6.07) is 7.30. The number of aliphatic hydroxyl groups is 1. The summed E-state index contributed by atoms with van der Waals surface area (Å²) in [6.07, 6.45) is 7.39. The third-order valence-electron chi connectivity index (χ3n) is 6.87. The van der Waals surface area contributed by atoms with Gasteiger partial charge in [0.05, 0.1) is 29.4 Å². The number of halogens is 3. The highest BCUT2D eigenvalue weighted by Crippen LogP contribution is 2.38. The van der Waals surface area contributed by atoms with Gasteiger partial charge in [-0.05, 0) is 68.4 Å². The van der Waals surface area contributed by atoms with Gasteiger partial charge in [0.15, 0.2) is 0 Å². The van der Waals surface area contributed by atoms with E-state index in [9.17, 15) is 23.1 Å². The van der Waals surface area contributed by atoms with Gasteiger partial charge in [0.2, 0.25) is 0 Å². The Bertz CT molecular complexity index is 1210. The van der Waals surface area contributed by atoms with Crippen molar-refractivity contribution in [3.63, 3.8) is 0 Å². The van der Waals surface area contributed by atoms with Crippen molar-refractivity contribution in [3.05, 3.63) is 59.7 Å². The van der Waals surface area contributed by atoms with Crippen LogP contribution in [0.2, 0.25) is 0 Å². The Hall–Kier alpha value is -3.27. The van der Waals surface area contributed by atoms with Crippen LogP contribution in [0.15, 0.2) is 42.7 Å². The van der Waals surface area contributed by atoms with E-state index < -0.39 is 12.4 Å². The monoisotopic (exact) mass is 488 g/mol. The summed E-state index contributed by atoms with van der Waals surface area (Å²) < 4.78 is 45.6. The van der Waals surface area contributed by atoms with Crippen LogP contribution < -0.4 is 15.0 Å². The van der Waals surface area contributed by atoms with Crippen LogP contribution >= 0.6 is 0 Å². The second-order valence-electron chi connectivity index (χ2n) is 9.20. The number of fused-ring (bicyclic) bond motifs is 1. The van der Waals surface area contributed by atoms with Crippen molar-refractivity contribution in [2.24, 2.45) is 0 Å². The zero-order chi connectivity index (χ0) is 24.5. The standard InChI is InChI=1S/C25H27F3N4O3/c26-16-10-15(11-20(12-16)35-25(27)28)22-2-1-8-31(22)18-7-9-32-23(13-18)21(14-29-32)24(34)30-17-3-5-19(33)6-4-17/h7,9-14,17,19,22,25,33H,1-6,8H2,(H,30,34)/t17?,19?,22-/m1/s1.